The molecule has 7 heteroatoms. The first kappa shape index (κ1) is 21.6. The largest absolute Gasteiger partial charge is 0.519 e. The number of rotatable bonds is 4. The van der Waals surface area contributed by atoms with Gasteiger partial charge in [-0.05, 0) is 83.2 Å². The van der Waals surface area contributed by atoms with E-state index in [0.717, 1.165) is 58.6 Å². The van der Waals surface area contributed by atoms with Crippen molar-refractivity contribution < 1.29 is 28.8 Å². The molecule has 2 aliphatic heterocycles. The van der Waals surface area contributed by atoms with Gasteiger partial charge in [-0.2, -0.15) is 0 Å². The fourth-order valence-electron chi connectivity index (χ4n) is 5.27. The summed E-state index contributed by atoms with van der Waals surface area (Å²) >= 11 is 0. The number of aliphatic hydroxyl groups excluding tert-OH is 1. The molecule has 1 fully saturated rings. The number of nitrogens with zero attached hydrogens (tertiary/aromatic N) is 1. The van der Waals surface area contributed by atoms with Crippen molar-refractivity contribution in [2.24, 2.45) is 0 Å². The van der Waals surface area contributed by atoms with Crippen LogP contribution < -0.4 is 14.2 Å². The summed E-state index contributed by atoms with van der Waals surface area (Å²) in [5.74, 6) is 1.83. The highest BCUT2D eigenvalue weighted by Crippen LogP contribution is 2.47. The normalized spacial score (nSPS) is 19.8. The predicted octanol–water partition coefficient (Wildman–Crippen LogP) is 5.07. The van der Waals surface area contributed by atoms with E-state index in [1.165, 1.54) is 0 Å². The first-order valence-electron chi connectivity index (χ1n) is 11.0. The third-order valence-electron chi connectivity index (χ3n) is 6.64. The van der Waals surface area contributed by atoms with Crippen molar-refractivity contribution >= 4 is 27.7 Å². The van der Waals surface area contributed by atoms with Crippen LogP contribution in [0, 0.1) is 0 Å². The Labute approximate surface area is 192 Å². The Kier molecular flexibility index (Phi) is 5.38. The first-order chi connectivity index (χ1) is 15.9. The van der Waals surface area contributed by atoms with E-state index in [0.29, 0.717) is 17.2 Å². The first-order valence-corrected chi connectivity index (χ1v) is 11.0. The van der Waals surface area contributed by atoms with Crippen molar-refractivity contribution in [3.05, 3.63) is 53.8 Å². The molecule has 5 rings (SSSR count). The van der Waals surface area contributed by atoms with Gasteiger partial charge in [0.1, 0.15) is 11.5 Å². The summed E-state index contributed by atoms with van der Waals surface area (Å²) in [4.78, 5) is 14.4. The topological polar surface area (TPSA) is 77.5 Å². The molecule has 0 spiro atoms. The summed E-state index contributed by atoms with van der Waals surface area (Å²) in [7, 11) is 3.21. The SMILES string of the molecule is C=C(C)OC(=O)Oc1ccc2c3c(c4cc(OC)c(OC)cc4c2c1)CN1CCC[C@H]1[C@H]3O. The van der Waals surface area contributed by atoms with Crippen LogP contribution >= 0.6 is 0 Å². The molecule has 2 atom stereocenters. The predicted molar refractivity (Wildman–Crippen MR) is 125 cm³/mol. The van der Waals surface area contributed by atoms with Crippen LogP contribution in [0.1, 0.15) is 37.0 Å². The van der Waals surface area contributed by atoms with Gasteiger partial charge in [0.05, 0.1) is 20.3 Å². The zero-order valence-electron chi connectivity index (χ0n) is 19.0. The van der Waals surface area contributed by atoms with E-state index in [2.05, 4.69) is 11.5 Å². The maximum Gasteiger partial charge on any atom is 0.519 e. The van der Waals surface area contributed by atoms with Gasteiger partial charge in [0.2, 0.25) is 0 Å². The van der Waals surface area contributed by atoms with Crippen molar-refractivity contribution in [2.45, 2.75) is 38.5 Å². The van der Waals surface area contributed by atoms with Crippen LogP contribution in [0.3, 0.4) is 0 Å². The standard InChI is InChI=1S/C26H27NO6/c1-14(2)32-26(29)33-15-7-8-16-17(10-15)18-11-22(30-3)23(31-4)12-19(18)20-13-27-9-5-6-21(27)25(28)24(16)20/h7-8,10-12,21,25,28H,1,5-6,9,13H2,2-4H3/t21-,25+/m0/s1. The summed E-state index contributed by atoms with van der Waals surface area (Å²) < 4.78 is 21.5. The molecule has 3 aromatic carbocycles. The summed E-state index contributed by atoms with van der Waals surface area (Å²) in [5, 5.41) is 15.1. The molecule has 0 unspecified atom stereocenters. The van der Waals surface area contributed by atoms with Crippen LogP contribution in [0.25, 0.3) is 21.5 Å². The fourth-order valence-corrected chi connectivity index (χ4v) is 5.27. The van der Waals surface area contributed by atoms with Gasteiger partial charge in [-0.15, -0.1) is 0 Å². The maximum absolute atomic E-state index is 12.0. The minimum Gasteiger partial charge on any atom is -0.493 e. The van der Waals surface area contributed by atoms with E-state index in [1.54, 1.807) is 33.3 Å². The Morgan fingerprint density at radius 2 is 1.76 bits per heavy atom. The zero-order chi connectivity index (χ0) is 23.3. The molecule has 0 bridgehead atoms. The molecular weight excluding hydrogens is 422 g/mol. The molecule has 1 saturated heterocycles. The second kappa shape index (κ2) is 8.24. The van der Waals surface area contributed by atoms with Crippen molar-refractivity contribution in [1.82, 2.24) is 4.90 Å². The Hall–Kier alpha value is -3.29. The quantitative estimate of drug-likeness (QED) is 0.258. The van der Waals surface area contributed by atoms with Gasteiger partial charge in [-0.25, -0.2) is 4.79 Å². The minimum absolute atomic E-state index is 0.111. The molecule has 172 valence electrons. The molecule has 0 radical (unpaired) electrons. The molecule has 2 heterocycles. The van der Waals surface area contributed by atoms with Gasteiger partial charge >= 0.3 is 6.16 Å². The number of carbonyl (C=O) groups is 1. The number of ether oxygens (including phenoxy) is 4. The van der Waals surface area contributed by atoms with Gasteiger partial charge in [0, 0.05) is 12.6 Å². The lowest BCUT2D eigenvalue weighted by molar-refractivity contribution is 0.0552. The van der Waals surface area contributed by atoms with Crippen LogP contribution in [-0.2, 0) is 11.3 Å². The van der Waals surface area contributed by atoms with Crippen LogP contribution in [0.5, 0.6) is 17.2 Å². The summed E-state index contributed by atoms with van der Waals surface area (Å²) in [6.45, 7) is 6.89. The van der Waals surface area contributed by atoms with Crippen LogP contribution in [0.15, 0.2) is 42.7 Å². The number of carbonyl (C=O) groups excluding carboxylic acids is 1. The average molecular weight is 450 g/mol. The highest BCUT2D eigenvalue weighted by atomic mass is 16.7. The third kappa shape index (κ3) is 3.57. The monoisotopic (exact) mass is 449 g/mol. The van der Waals surface area contributed by atoms with Gasteiger partial charge in [-0.1, -0.05) is 12.6 Å². The smallest absolute Gasteiger partial charge is 0.493 e. The zero-order valence-corrected chi connectivity index (χ0v) is 19.0. The molecule has 1 N–H and O–H groups in total. The number of allylic oxidation sites excluding steroid dienone is 1. The fraction of sp³-hybridized carbons (Fsp3) is 0.346. The average Bonchev–Trinajstić information content (AvgIpc) is 3.27. The summed E-state index contributed by atoms with van der Waals surface area (Å²) in [6, 6.07) is 9.45. The van der Waals surface area contributed by atoms with Crippen LogP contribution in [-0.4, -0.2) is 43.0 Å². The lowest BCUT2D eigenvalue weighted by atomic mass is 9.83. The number of hydrogen-bond acceptors (Lipinski definition) is 7. The van der Waals surface area contributed by atoms with Crippen LogP contribution in [0.2, 0.25) is 0 Å². The summed E-state index contributed by atoms with van der Waals surface area (Å²) in [5.41, 5.74) is 2.03. The number of methoxy groups -OCH3 is 2. The van der Waals surface area contributed by atoms with Crippen molar-refractivity contribution in [1.29, 1.82) is 0 Å². The lowest BCUT2D eigenvalue weighted by Crippen LogP contribution is -2.39. The van der Waals surface area contributed by atoms with Gasteiger partial charge in [0.25, 0.3) is 0 Å². The number of fused-ring (bicyclic) bond motifs is 7. The lowest BCUT2D eigenvalue weighted by Gasteiger charge is -2.37. The third-order valence-corrected chi connectivity index (χ3v) is 6.64. The Bertz CT molecular complexity index is 1280. The number of aliphatic hydroxyl groups is 1. The highest BCUT2D eigenvalue weighted by molar-refractivity contribution is 6.12. The van der Waals surface area contributed by atoms with E-state index in [4.69, 9.17) is 18.9 Å². The Balaban J connectivity index is 1.77. The van der Waals surface area contributed by atoms with Gasteiger partial charge < -0.3 is 24.1 Å². The second-order valence-electron chi connectivity index (χ2n) is 8.63. The molecular formula is C26H27NO6. The van der Waals surface area contributed by atoms with E-state index >= 15 is 0 Å². The molecule has 0 amide bonds. The molecule has 3 aromatic rings. The molecule has 0 aliphatic carbocycles. The molecule has 33 heavy (non-hydrogen) atoms. The van der Waals surface area contributed by atoms with Crippen molar-refractivity contribution in [3.8, 4) is 17.2 Å². The summed E-state index contributed by atoms with van der Waals surface area (Å²) in [6.07, 6.45) is 0.604. The van der Waals surface area contributed by atoms with Crippen molar-refractivity contribution in [2.75, 3.05) is 20.8 Å². The van der Waals surface area contributed by atoms with Gasteiger partial charge in [0.15, 0.2) is 11.5 Å². The van der Waals surface area contributed by atoms with E-state index < -0.39 is 12.3 Å². The van der Waals surface area contributed by atoms with Crippen molar-refractivity contribution in [3.63, 3.8) is 0 Å². The van der Waals surface area contributed by atoms with Crippen LogP contribution in [0.4, 0.5) is 4.79 Å². The van der Waals surface area contributed by atoms with E-state index in [-0.39, 0.29) is 11.8 Å². The molecule has 7 nitrogen and oxygen atoms in total. The van der Waals surface area contributed by atoms with E-state index in [1.807, 2.05) is 18.2 Å². The Morgan fingerprint density at radius 1 is 1.06 bits per heavy atom. The second-order valence-corrected chi connectivity index (χ2v) is 8.63. The number of hydrogen-bond donors (Lipinski definition) is 1. The highest BCUT2D eigenvalue weighted by Gasteiger charge is 2.39. The van der Waals surface area contributed by atoms with Gasteiger partial charge in [-0.3, -0.25) is 4.90 Å². The molecule has 0 saturated carbocycles. The maximum atomic E-state index is 12.0. The number of benzene rings is 3. The van der Waals surface area contributed by atoms with E-state index in [9.17, 15) is 9.90 Å². The molecule has 0 aromatic heterocycles. The Morgan fingerprint density at radius 3 is 2.45 bits per heavy atom. The molecule has 2 aliphatic rings. The minimum atomic E-state index is -0.843.